The minimum absolute atomic E-state index is 0.0174. The van der Waals surface area contributed by atoms with Gasteiger partial charge in [0.15, 0.2) is 15.6 Å². The second kappa shape index (κ2) is 9.33. The van der Waals surface area contributed by atoms with E-state index in [2.05, 4.69) is 0 Å². The van der Waals surface area contributed by atoms with Crippen molar-refractivity contribution in [3.05, 3.63) is 46.8 Å². The monoisotopic (exact) mass is 458 g/mol. The normalized spacial score (nSPS) is 25.5. The molecule has 1 aliphatic heterocycles. The molecule has 1 fully saturated rings. The molecule has 2 N–H and O–H groups in total. The SMILES string of the molecule is CCOC(=O)C1=CC2(CCC1S(=O)(=O)Cc1ccc(F)cc1C)O[C@H](CO)[C@@H](CO)O2. The molecule has 10 heteroatoms. The Kier molecular flexibility index (Phi) is 7.17. The number of ether oxygens (including phenoxy) is 3. The van der Waals surface area contributed by atoms with Gasteiger partial charge in [-0.3, -0.25) is 0 Å². The molecular weight excluding hydrogens is 431 g/mol. The average Bonchev–Trinajstić information content (AvgIpc) is 3.07. The molecule has 1 unspecified atom stereocenters. The summed E-state index contributed by atoms with van der Waals surface area (Å²) in [7, 11) is -3.87. The molecular formula is C21H27FO8S. The Morgan fingerprint density at radius 2 is 1.90 bits per heavy atom. The number of sulfone groups is 1. The molecule has 172 valence electrons. The lowest BCUT2D eigenvalue weighted by molar-refractivity contribution is -0.154. The maximum absolute atomic E-state index is 13.4. The zero-order valence-corrected chi connectivity index (χ0v) is 18.2. The molecule has 3 atom stereocenters. The average molecular weight is 459 g/mol. The Morgan fingerprint density at radius 1 is 1.26 bits per heavy atom. The Balaban J connectivity index is 1.95. The van der Waals surface area contributed by atoms with Crippen molar-refractivity contribution in [2.75, 3.05) is 19.8 Å². The lowest BCUT2D eigenvalue weighted by atomic mass is 9.94. The molecule has 0 radical (unpaired) electrons. The maximum Gasteiger partial charge on any atom is 0.335 e. The standard InChI is InChI=1S/C21H27FO8S/c1-3-28-20(25)16-9-21(29-17(10-23)18(11-24)30-21)7-6-19(16)31(26,27)12-14-4-5-15(22)8-13(14)2/h4-5,8-9,17-19,23-24H,3,6-7,10-12H2,1-2H3/t17-,18-,19?/m1/s1. The molecule has 1 aliphatic carbocycles. The number of benzene rings is 1. The number of carbonyl (C=O) groups is 1. The molecule has 1 saturated heterocycles. The van der Waals surface area contributed by atoms with Crippen molar-refractivity contribution in [1.29, 1.82) is 0 Å². The van der Waals surface area contributed by atoms with Crippen molar-refractivity contribution >= 4 is 15.8 Å². The van der Waals surface area contributed by atoms with Crippen LogP contribution in [-0.2, 0) is 34.6 Å². The second-order valence-electron chi connectivity index (χ2n) is 7.72. The van der Waals surface area contributed by atoms with Gasteiger partial charge in [-0.1, -0.05) is 6.07 Å². The lowest BCUT2D eigenvalue weighted by Crippen LogP contribution is -2.41. The number of carbonyl (C=O) groups excluding carboxylic acids is 1. The van der Waals surface area contributed by atoms with E-state index in [0.717, 1.165) is 0 Å². The van der Waals surface area contributed by atoms with Gasteiger partial charge in [0, 0.05) is 6.42 Å². The number of hydrogen-bond acceptors (Lipinski definition) is 8. The predicted octanol–water partition coefficient (Wildman–Crippen LogP) is 1.17. The van der Waals surface area contributed by atoms with Crippen LogP contribution >= 0.6 is 0 Å². The van der Waals surface area contributed by atoms with Crippen LogP contribution in [0.5, 0.6) is 0 Å². The highest BCUT2D eigenvalue weighted by atomic mass is 32.2. The maximum atomic E-state index is 13.4. The third-order valence-corrected chi connectivity index (χ3v) is 7.63. The van der Waals surface area contributed by atoms with Gasteiger partial charge in [0.05, 0.1) is 36.4 Å². The number of halogens is 1. The van der Waals surface area contributed by atoms with E-state index in [1.807, 2.05) is 0 Å². The summed E-state index contributed by atoms with van der Waals surface area (Å²) in [6, 6.07) is 3.87. The molecule has 1 aromatic rings. The minimum Gasteiger partial charge on any atom is -0.463 e. The van der Waals surface area contributed by atoms with Gasteiger partial charge in [-0.2, -0.15) is 0 Å². The van der Waals surface area contributed by atoms with Gasteiger partial charge >= 0.3 is 5.97 Å². The molecule has 0 aromatic heterocycles. The number of aliphatic hydroxyl groups excluding tert-OH is 2. The Morgan fingerprint density at radius 3 is 2.45 bits per heavy atom. The Bertz CT molecular complexity index is 946. The summed E-state index contributed by atoms with van der Waals surface area (Å²) in [5.41, 5.74) is 0.832. The molecule has 1 heterocycles. The second-order valence-corrected chi connectivity index (χ2v) is 9.90. The fourth-order valence-electron chi connectivity index (χ4n) is 3.99. The number of esters is 1. The van der Waals surface area contributed by atoms with Gasteiger partial charge in [0.2, 0.25) is 0 Å². The van der Waals surface area contributed by atoms with Gasteiger partial charge < -0.3 is 24.4 Å². The van der Waals surface area contributed by atoms with Crippen LogP contribution in [0.4, 0.5) is 4.39 Å². The van der Waals surface area contributed by atoms with Crippen molar-refractivity contribution in [1.82, 2.24) is 0 Å². The quantitative estimate of drug-likeness (QED) is 0.585. The molecule has 8 nitrogen and oxygen atoms in total. The van der Waals surface area contributed by atoms with Crippen LogP contribution in [0, 0.1) is 12.7 Å². The predicted molar refractivity (Wildman–Crippen MR) is 108 cm³/mol. The molecule has 1 spiro atoms. The van der Waals surface area contributed by atoms with Crippen molar-refractivity contribution in [2.24, 2.45) is 0 Å². The first kappa shape index (κ1) is 23.8. The number of hydrogen-bond donors (Lipinski definition) is 2. The third kappa shape index (κ3) is 4.98. The molecule has 31 heavy (non-hydrogen) atoms. The summed E-state index contributed by atoms with van der Waals surface area (Å²) in [4.78, 5) is 12.6. The van der Waals surface area contributed by atoms with E-state index in [1.165, 1.54) is 24.3 Å². The summed E-state index contributed by atoms with van der Waals surface area (Å²) in [5, 5.41) is 17.8. The highest BCUT2D eigenvalue weighted by Crippen LogP contribution is 2.41. The van der Waals surface area contributed by atoms with Gasteiger partial charge in [0.1, 0.15) is 18.0 Å². The number of aryl methyl sites for hydroxylation is 1. The van der Waals surface area contributed by atoms with Gasteiger partial charge in [-0.15, -0.1) is 0 Å². The van der Waals surface area contributed by atoms with Crippen LogP contribution in [0.2, 0.25) is 0 Å². The largest absolute Gasteiger partial charge is 0.463 e. The fourth-order valence-corrected chi connectivity index (χ4v) is 5.98. The van der Waals surface area contributed by atoms with Crippen molar-refractivity contribution in [3.63, 3.8) is 0 Å². The van der Waals surface area contributed by atoms with E-state index in [-0.39, 0.29) is 30.8 Å². The fraction of sp³-hybridized carbons (Fsp3) is 0.571. The van der Waals surface area contributed by atoms with E-state index in [1.54, 1.807) is 13.8 Å². The summed E-state index contributed by atoms with van der Waals surface area (Å²) < 4.78 is 56.5. The van der Waals surface area contributed by atoms with E-state index in [9.17, 15) is 27.8 Å². The van der Waals surface area contributed by atoms with E-state index >= 15 is 0 Å². The first-order valence-corrected chi connectivity index (χ1v) is 11.8. The van der Waals surface area contributed by atoms with Crippen LogP contribution in [-0.4, -0.2) is 67.7 Å². The van der Waals surface area contributed by atoms with Crippen LogP contribution in [0.25, 0.3) is 0 Å². The Hall–Kier alpha value is -1.85. The van der Waals surface area contributed by atoms with E-state index < -0.39 is 58.1 Å². The zero-order chi connectivity index (χ0) is 22.8. The highest BCUT2D eigenvalue weighted by Gasteiger charge is 2.51. The van der Waals surface area contributed by atoms with Crippen molar-refractivity contribution in [2.45, 2.75) is 55.7 Å². The van der Waals surface area contributed by atoms with Gasteiger partial charge in [0.25, 0.3) is 0 Å². The van der Waals surface area contributed by atoms with Gasteiger partial charge in [-0.05, 0) is 49.6 Å². The van der Waals surface area contributed by atoms with Crippen LogP contribution in [0.1, 0.15) is 30.9 Å². The van der Waals surface area contributed by atoms with E-state index in [4.69, 9.17) is 14.2 Å². The third-order valence-electron chi connectivity index (χ3n) is 5.56. The number of rotatable bonds is 7. The smallest absolute Gasteiger partial charge is 0.335 e. The highest BCUT2D eigenvalue weighted by molar-refractivity contribution is 7.91. The van der Waals surface area contributed by atoms with Crippen LogP contribution in [0.3, 0.4) is 0 Å². The molecule has 2 aliphatic rings. The topological polar surface area (TPSA) is 119 Å². The number of aliphatic hydroxyl groups is 2. The Labute approximate surface area is 180 Å². The van der Waals surface area contributed by atoms with E-state index in [0.29, 0.717) is 11.1 Å². The summed E-state index contributed by atoms with van der Waals surface area (Å²) in [5.74, 6) is -3.06. The molecule has 0 bridgehead atoms. The molecule has 1 aromatic carbocycles. The molecule has 0 amide bonds. The van der Waals surface area contributed by atoms with Crippen LogP contribution < -0.4 is 0 Å². The van der Waals surface area contributed by atoms with Crippen molar-refractivity contribution < 1.29 is 42.0 Å². The van der Waals surface area contributed by atoms with Gasteiger partial charge in [-0.25, -0.2) is 17.6 Å². The first-order chi connectivity index (χ1) is 14.6. The van der Waals surface area contributed by atoms with Crippen molar-refractivity contribution in [3.8, 4) is 0 Å². The first-order valence-electron chi connectivity index (χ1n) is 10.1. The summed E-state index contributed by atoms with van der Waals surface area (Å²) in [6.45, 7) is 2.47. The molecule has 0 saturated carbocycles. The lowest BCUT2D eigenvalue weighted by Gasteiger charge is -2.33. The zero-order valence-electron chi connectivity index (χ0n) is 17.4. The summed E-state index contributed by atoms with van der Waals surface area (Å²) >= 11 is 0. The minimum atomic E-state index is -3.87. The van der Waals surface area contributed by atoms with Crippen LogP contribution in [0.15, 0.2) is 29.8 Å². The molecule has 3 rings (SSSR count). The summed E-state index contributed by atoms with van der Waals surface area (Å²) in [6.07, 6.45) is -0.190.